The number of hydrogen-bond donors (Lipinski definition) is 1. The summed E-state index contributed by atoms with van der Waals surface area (Å²) < 4.78 is 0. The number of carboxylic acid groups (broad SMARTS) is 1. The lowest BCUT2D eigenvalue weighted by Crippen LogP contribution is -2.32. The molecule has 0 aliphatic heterocycles. The Kier molecular flexibility index (Phi) is 6.40. The molecule has 2 atom stereocenters. The second-order valence-electron chi connectivity index (χ2n) is 3.39. The lowest BCUT2D eigenvalue weighted by Gasteiger charge is -2.20. The van der Waals surface area contributed by atoms with Crippen LogP contribution in [0.15, 0.2) is 0 Å². The monoisotopic (exact) mass is 219 g/mol. The van der Waals surface area contributed by atoms with E-state index in [0.29, 0.717) is 25.7 Å². The average molecular weight is 219 g/mol. The van der Waals surface area contributed by atoms with Crippen molar-refractivity contribution in [1.82, 2.24) is 0 Å². The average Bonchev–Trinajstić information content (AvgIpc) is 2.12. The van der Waals surface area contributed by atoms with E-state index in [2.05, 4.69) is 4.84 Å². The first-order chi connectivity index (χ1) is 7.02. The van der Waals surface area contributed by atoms with Crippen molar-refractivity contribution in [2.24, 2.45) is 5.92 Å². The summed E-state index contributed by atoms with van der Waals surface area (Å²) in [6.45, 7) is 3.67. The van der Waals surface area contributed by atoms with E-state index in [4.69, 9.17) is 5.11 Å². The Hall–Kier alpha value is -1.33. The molecule has 15 heavy (non-hydrogen) atoms. The maximum Gasteiger partial charge on any atom is 0.308 e. The van der Waals surface area contributed by atoms with E-state index in [0.717, 1.165) is 0 Å². The summed E-state index contributed by atoms with van der Waals surface area (Å²) in [4.78, 5) is 25.5. The first-order valence-electron chi connectivity index (χ1n) is 5.06. The molecule has 0 radical (unpaired) electrons. The van der Waals surface area contributed by atoms with E-state index in [1.54, 1.807) is 0 Å². The van der Waals surface area contributed by atoms with Crippen molar-refractivity contribution >= 4 is 5.97 Å². The molecule has 0 spiro atoms. The largest absolute Gasteiger partial charge is 0.481 e. The Morgan fingerprint density at radius 1 is 1.40 bits per heavy atom. The normalized spacial score (nSPS) is 14.3. The number of rotatable bonds is 8. The SMILES string of the molecule is CCCC(O[N+](=O)[O-])C(CCC)C(=O)O. The molecule has 0 saturated carbocycles. The quantitative estimate of drug-likeness (QED) is 0.497. The second-order valence-corrected chi connectivity index (χ2v) is 3.39. The highest BCUT2D eigenvalue weighted by Gasteiger charge is 2.29. The van der Waals surface area contributed by atoms with Crippen molar-refractivity contribution in [2.75, 3.05) is 0 Å². The van der Waals surface area contributed by atoms with Gasteiger partial charge in [-0.25, -0.2) is 0 Å². The zero-order valence-electron chi connectivity index (χ0n) is 9.01. The van der Waals surface area contributed by atoms with Gasteiger partial charge in [-0.15, -0.1) is 10.1 Å². The van der Waals surface area contributed by atoms with Gasteiger partial charge in [-0.3, -0.25) is 4.79 Å². The van der Waals surface area contributed by atoms with Crippen molar-refractivity contribution in [3.8, 4) is 0 Å². The van der Waals surface area contributed by atoms with E-state index in [9.17, 15) is 14.9 Å². The molecule has 88 valence electrons. The minimum Gasteiger partial charge on any atom is -0.481 e. The van der Waals surface area contributed by atoms with Crippen LogP contribution >= 0.6 is 0 Å². The highest BCUT2D eigenvalue weighted by molar-refractivity contribution is 5.70. The van der Waals surface area contributed by atoms with E-state index in [-0.39, 0.29) is 0 Å². The number of hydrogen-bond acceptors (Lipinski definition) is 4. The summed E-state index contributed by atoms with van der Waals surface area (Å²) in [6.07, 6.45) is 1.28. The first-order valence-corrected chi connectivity index (χ1v) is 5.06. The second kappa shape index (κ2) is 7.03. The van der Waals surface area contributed by atoms with Crippen LogP contribution in [0.1, 0.15) is 39.5 Å². The fourth-order valence-corrected chi connectivity index (χ4v) is 1.50. The molecule has 0 saturated heterocycles. The summed E-state index contributed by atoms with van der Waals surface area (Å²) in [5.41, 5.74) is 0. The fraction of sp³-hybridized carbons (Fsp3) is 0.889. The van der Waals surface area contributed by atoms with Crippen molar-refractivity contribution < 1.29 is 19.8 Å². The molecular formula is C9H17NO5. The van der Waals surface area contributed by atoms with Gasteiger partial charge in [0.05, 0.1) is 5.92 Å². The molecule has 6 nitrogen and oxygen atoms in total. The van der Waals surface area contributed by atoms with Gasteiger partial charge in [-0.2, -0.15) is 0 Å². The van der Waals surface area contributed by atoms with Crippen LogP contribution in [-0.4, -0.2) is 22.3 Å². The van der Waals surface area contributed by atoms with E-state index in [1.807, 2.05) is 13.8 Å². The Bertz CT molecular complexity index is 219. The maximum atomic E-state index is 10.9. The Morgan fingerprint density at radius 2 is 1.93 bits per heavy atom. The van der Waals surface area contributed by atoms with Crippen molar-refractivity contribution in [3.05, 3.63) is 10.1 Å². The van der Waals surface area contributed by atoms with Crippen LogP contribution in [-0.2, 0) is 9.63 Å². The van der Waals surface area contributed by atoms with E-state index < -0.39 is 23.1 Å². The van der Waals surface area contributed by atoms with Gasteiger partial charge in [-0.05, 0) is 12.8 Å². The van der Waals surface area contributed by atoms with Crippen molar-refractivity contribution in [2.45, 2.75) is 45.6 Å². The van der Waals surface area contributed by atoms with Gasteiger partial charge in [0.2, 0.25) is 0 Å². The smallest absolute Gasteiger partial charge is 0.308 e. The number of nitrogens with zero attached hydrogens (tertiary/aromatic N) is 1. The predicted molar refractivity (Wildman–Crippen MR) is 52.8 cm³/mol. The van der Waals surface area contributed by atoms with Crippen LogP contribution in [0, 0.1) is 16.0 Å². The Balaban J connectivity index is 4.50. The molecule has 0 rings (SSSR count). The van der Waals surface area contributed by atoms with Crippen molar-refractivity contribution in [3.63, 3.8) is 0 Å². The predicted octanol–water partition coefficient (Wildman–Crippen LogP) is 1.86. The zero-order valence-corrected chi connectivity index (χ0v) is 9.01. The molecule has 0 heterocycles. The number of carboxylic acids is 1. The molecule has 0 amide bonds. The van der Waals surface area contributed by atoms with E-state index in [1.165, 1.54) is 0 Å². The van der Waals surface area contributed by atoms with Gasteiger partial charge >= 0.3 is 5.97 Å². The highest BCUT2D eigenvalue weighted by atomic mass is 17.0. The molecule has 0 aromatic heterocycles. The van der Waals surface area contributed by atoms with Crippen LogP contribution in [0.4, 0.5) is 0 Å². The third kappa shape index (κ3) is 5.19. The molecule has 2 unspecified atom stereocenters. The van der Waals surface area contributed by atoms with Gasteiger partial charge in [0.25, 0.3) is 5.09 Å². The van der Waals surface area contributed by atoms with Crippen LogP contribution in [0.2, 0.25) is 0 Å². The van der Waals surface area contributed by atoms with Crippen LogP contribution in [0.5, 0.6) is 0 Å². The molecule has 6 heteroatoms. The molecule has 0 aliphatic rings. The number of aliphatic carboxylic acids is 1. The summed E-state index contributed by atoms with van der Waals surface area (Å²) in [7, 11) is 0. The Morgan fingerprint density at radius 3 is 2.27 bits per heavy atom. The van der Waals surface area contributed by atoms with Gasteiger partial charge in [0, 0.05) is 0 Å². The molecule has 0 fully saturated rings. The van der Waals surface area contributed by atoms with E-state index >= 15 is 0 Å². The lowest BCUT2D eigenvalue weighted by atomic mass is 9.94. The third-order valence-corrected chi connectivity index (χ3v) is 2.16. The maximum absolute atomic E-state index is 10.9. The molecule has 1 N–H and O–H groups in total. The lowest BCUT2D eigenvalue weighted by molar-refractivity contribution is -0.770. The Labute approximate surface area is 88.3 Å². The fourth-order valence-electron chi connectivity index (χ4n) is 1.50. The summed E-state index contributed by atoms with van der Waals surface area (Å²) >= 11 is 0. The summed E-state index contributed by atoms with van der Waals surface area (Å²) in [6, 6.07) is 0. The number of carbonyl (C=O) groups is 1. The van der Waals surface area contributed by atoms with Gasteiger partial charge < -0.3 is 9.94 Å². The molecule has 0 bridgehead atoms. The van der Waals surface area contributed by atoms with Crippen LogP contribution in [0.3, 0.4) is 0 Å². The molecule has 0 aromatic rings. The van der Waals surface area contributed by atoms with Crippen LogP contribution < -0.4 is 0 Å². The van der Waals surface area contributed by atoms with Gasteiger partial charge in [0.1, 0.15) is 6.10 Å². The topological polar surface area (TPSA) is 89.7 Å². The molecule has 0 aromatic carbocycles. The third-order valence-electron chi connectivity index (χ3n) is 2.16. The standard InChI is InChI=1S/C9H17NO5/c1-3-5-7(9(11)12)8(6-4-2)15-10(13)14/h7-8H,3-6H2,1-2H3,(H,11,12). The van der Waals surface area contributed by atoms with Crippen molar-refractivity contribution in [1.29, 1.82) is 0 Å². The molecular weight excluding hydrogens is 202 g/mol. The van der Waals surface area contributed by atoms with Gasteiger partial charge in [-0.1, -0.05) is 26.7 Å². The van der Waals surface area contributed by atoms with Gasteiger partial charge in [0.15, 0.2) is 0 Å². The minimum atomic E-state index is -1.03. The highest BCUT2D eigenvalue weighted by Crippen LogP contribution is 2.19. The zero-order chi connectivity index (χ0) is 11.8. The summed E-state index contributed by atoms with van der Waals surface area (Å²) in [5, 5.41) is 18.2. The van der Waals surface area contributed by atoms with Crippen LogP contribution in [0.25, 0.3) is 0 Å². The molecule has 0 aliphatic carbocycles. The first kappa shape index (κ1) is 13.7. The summed E-state index contributed by atoms with van der Waals surface area (Å²) in [5.74, 6) is -1.82. The minimum absolute atomic E-state index is 0.387.